The zero-order chi connectivity index (χ0) is 23.8. The van der Waals surface area contributed by atoms with Crippen LogP contribution in [0.2, 0.25) is 0 Å². The molecule has 6 nitrogen and oxygen atoms in total. The summed E-state index contributed by atoms with van der Waals surface area (Å²) in [5, 5.41) is 0. The normalized spacial score (nSPS) is 13.4. The van der Waals surface area contributed by atoms with Crippen molar-refractivity contribution < 1.29 is 17.9 Å². The van der Waals surface area contributed by atoms with Crippen molar-refractivity contribution in [3.05, 3.63) is 82.9 Å². The Bertz CT molecular complexity index is 1280. The number of sulfonamides is 1. The molecule has 1 heterocycles. The van der Waals surface area contributed by atoms with E-state index < -0.39 is 10.0 Å². The Hall–Kier alpha value is -3.32. The number of hydrogen-bond donors (Lipinski definition) is 0. The van der Waals surface area contributed by atoms with Crippen molar-refractivity contribution in [2.24, 2.45) is 0 Å². The van der Waals surface area contributed by atoms with Crippen molar-refractivity contribution in [1.82, 2.24) is 0 Å². The molecular weight excluding hydrogens is 436 g/mol. The van der Waals surface area contributed by atoms with Crippen LogP contribution in [0.5, 0.6) is 5.75 Å². The van der Waals surface area contributed by atoms with Crippen LogP contribution in [0.25, 0.3) is 0 Å². The molecule has 1 aliphatic rings. The minimum Gasteiger partial charge on any atom is -0.495 e. The number of anilines is 2. The molecule has 0 aliphatic carbocycles. The monoisotopic (exact) mass is 464 g/mol. The largest absolute Gasteiger partial charge is 0.495 e. The Morgan fingerprint density at radius 3 is 2.27 bits per heavy atom. The van der Waals surface area contributed by atoms with Crippen molar-refractivity contribution in [1.29, 1.82) is 0 Å². The average molecular weight is 465 g/mol. The molecule has 0 saturated heterocycles. The average Bonchev–Trinajstić information content (AvgIpc) is 2.83. The van der Waals surface area contributed by atoms with E-state index in [-0.39, 0.29) is 10.8 Å². The number of carbonyl (C=O) groups excluding carboxylic acids is 1. The molecule has 0 saturated carbocycles. The van der Waals surface area contributed by atoms with Gasteiger partial charge >= 0.3 is 0 Å². The highest BCUT2D eigenvalue weighted by atomic mass is 32.2. The van der Waals surface area contributed by atoms with Crippen LogP contribution in [0, 0.1) is 13.8 Å². The first kappa shape index (κ1) is 22.9. The lowest BCUT2D eigenvalue weighted by atomic mass is 9.95. The number of aryl methyl sites for hydroxylation is 2. The number of nitrogens with zero attached hydrogens (tertiary/aromatic N) is 2. The van der Waals surface area contributed by atoms with Crippen LogP contribution in [-0.4, -0.2) is 35.0 Å². The summed E-state index contributed by atoms with van der Waals surface area (Å²) in [6, 6.07) is 17.3. The van der Waals surface area contributed by atoms with Crippen molar-refractivity contribution in [3.8, 4) is 5.75 Å². The second-order valence-electron chi connectivity index (χ2n) is 8.30. The van der Waals surface area contributed by atoms with E-state index in [2.05, 4.69) is 0 Å². The van der Waals surface area contributed by atoms with Crippen molar-refractivity contribution in [2.45, 2.75) is 31.6 Å². The highest BCUT2D eigenvalue weighted by molar-refractivity contribution is 7.92. The van der Waals surface area contributed by atoms with Crippen LogP contribution in [0.3, 0.4) is 0 Å². The maximum atomic E-state index is 13.4. The summed E-state index contributed by atoms with van der Waals surface area (Å²) in [5.74, 6) is 0.555. The van der Waals surface area contributed by atoms with Crippen LogP contribution < -0.4 is 13.9 Å². The molecule has 1 aliphatic heterocycles. The molecule has 3 aromatic rings. The predicted octanol–water partition coefficient (Wildman–Crippen LogP) is 4.73. The van der Waals surface area contributed by atoms with Gasteiger partial charge in [-0.15, -0.1) is 0 Å². The van der Waals surface area contributed by atoms with Crippen molar-refractivity contribution in [2.75, 3.05) is 29.9 Å². The maximum Gasteiger partial charge on any atom is 0.264 e. The number of carbonyl (C=O) groups is 1. The lowest BCUT2D eigenvalue weighted by Gasteiger charge is -2.32. The summed E-state index contributed by atoms with van der Waals surface area (Å²) in [5.41, 5.74) is 5.08. The first-order valence-corrected chi connectivity index (χ1v) is 12.3. The molecule has 0 radical (unpaired) electrons. The molecule has 7 heteroatoms. The van der Waals surface area contributed by atoms with Gasteiger partial charge < -0.3 is 9.64 Å². The molecule has 33 heavy (non-hydrogen) atoms. The number of fused-ring (bicyclic) bond motifs is 1. The molecular formula is C26H28N2O4S. The zero-order valence-corrected chi connectivity index (χ0v) is 20.1. The van der Waals surface area contributed by atoms with E-state index in [1.807, 2.05) is 26.0 Å². The standard InChI is InChI=1S/C26H28N2O4S/c1-18-7-14-22(15-8-18)33(30,31)27(3)21-12-10-20(11-13-21)26(29)28-17-5-6-23-19(2)9-16-24(32-4)25(23)28/h7-16H,5-6,17H2,1-4H3. The number of ether oxygens (including phenoxy) is 1. The van der Waals surface area contributed by atoms with Gasteiger partial charge in [-0.25, -0.2) is 8.42 Å². The van der Waals surface area contributed by atoms with Gasteiger partial charge in [-0.3, -0.25) is 9.10 Å². The van der Waals surface area contributed by atoms with Crippen molar-refractivity contribution >= 4 is 27.3 Å². The fourth-order valence-electron chi connectivity index (χ4n) is 4.20. The van der Waals surface area contributed by atoms with E-state index >= 15 is 0 Å². The van der Waals surface area contributed by atoms with Gasteiger partial charge in [0, 0.05) is 19.2 Å². The van der Waals surface area contributed by atoms with Crippen LogP contribution >= 0.6 is 0 Å². The quantitative estimate of drug-likeness (QED) is 0.548. The topological polar surface area (TPSA) is 66.9 Å². The van der Waals surface area contributed by atoms with Crippen molar-refractivity contribution in [3.63, 3.8) is 0 Å². The summed E-state index contributed by atoms with van der Waals surface area (Å²) in [7, 11) is -0.568. The second-order valence-corrected chi connectivity index (χ2v) is 10.3. The van der Waals surface area contributed by atoms with Gasteiger partial charge in [0.15, 0.2) is 0 Å². The Kier molecular flexibility index (Phi) is 6.17. The van der Waals surface area contributed by atoms with E-state index in [4.69, 9.17) is 4.74 Å². The number of hydrogen-bond acceptors (Lipinski definition) is 4. The fourth-order valence-corrected chi connectivity index (χ4v) is 5.39. The highest BCUT2D eigenvalue weighted by Crippen LogP contribution is 2.39. The lowest BCUT2D eigenvalue weighted by Crippen LogP contribution is -2.36. The third-order valence-electron chi connectivity index (χ3n) is 6.18. The summed E-state index contributed by atoms with van der Waals surface area (Å²) in [6.07, 6.45) is 1.78. The van der Waals surface area contributed by atoms with Gasteiger partial charge in [-0.1, -0.05) is 23.8 Å². The van der Waals surface area contributed by atoms with E-state index in [9.17, 15) is 13.2 Å². The van der Waals surface area contributed by atoms with Crippen LogP contribution in [0.15, 0.2) is 65.6 Å². The smallest absolute Gasteiger partial charge is 0.264 e. The molecule has 4 rings (SSSR count). The third kappa shape index (κ3) is 4.20. The predicted molar refractivity (Wildman–Crippen MR) is 131 cm³/mol. The molecule has 0 atom stereocenters. The Morgan fingerprint density at radius 1 is 0.970 bits per heavy atom. The Morgan fingerprint density at radius 2 is 1.64 bits per heavy atom. The summed E-state index contributed by atoms with van der Waals surface area (Å²) in [6.45, 7) is 4.56. The van der Waals surface area contributed by atoms with Crippen LogP contribution in [0.4, 0.5) is 11.4 Å². The van der Waals surface area contributed by atoms with Gasteiger partial charge in [0.25, 0.3) is 15.9 Å². The molecule has 3 aromatic carbocycles. The maximum absolute atomic E-state index is 13.4. The number of methoxy groups -OCH3 is 1. The molecule has 0 fully saturated rings. The van der Waals surface area contributed by atoms with Gasteiger partial charge in [-0.2, -0.15) is 0 Å². The van der Waals surface area contributed by atoms with E-state index in [0.29, 0.717) is 23.5 Å². The summed E-state index contributed by atoms with van der Waals surface area (Å²) < 4.78 is 32.8. The molecule has 0 aromatic heterocycles. The summed E-state index contributed by atoms with van der Waals surface area (Å²) >= 11 is 0. The molecule has 0 bridgehead atoms. The minimum absolute atomic E-state index is 0.129. The molecule has 0 unspecified atom stereocenters. The number of benzene rings is 3. The van der Waals surface area contributed by atoms with Gasteiger partial charge in [0.2, 0.25) is 0 Å². The van der Waals surface area contributed by atoms with Crippen LogP contribution in [-0.2, 0) is 16.4 Å². The second kappa shape index (κ2) is 8.90. The first-order valence-electron chi connectivity index (χ1n) is 10.9. The molecule has 1 amide bonds. The molecule has 0 spiro atoms. The summed E-state index contributed by atoms with van der Waals surface area (Å²) in [4.78, 5) is 15.4. The van der Waals surface area contributed by atoms with Gasteiger partial charge in [0.05, 0.1) is 23.4 Å². The molecule has 172 valence electrons. The number of amides is 1. The van der Waals surface area contributed by atoms with Gasteiger partial charge in [0.1, 0.15) is 5.75 Å². The zero-order valence-electron chi connectivity index (χ0n) is 19.3. The fraction of sp³-hybridized carbons (Fsp3) is 0.269. The van der Waals surface area contributed by atoms with E-state index in [1.54, 1.807) is 60.5 Å². The van der Waals surface area contributed by atoms with Crippen LogP contribution in [0.1, 0.15) is 33.5 Å². The lowest BCUT2D eigenvalue weighted by molar-refractivity contribution is 0.0984. The van der Waals surface area contributed by atoms with E-state index in [1.165, 1.54) is 11.4 Å². The first-order chi connectivity index (χ1) is 15.7. The highest BCUT2D eigenvalue weighted by Gasteiger charge is 2.28. The van der Waals surface area contributed by atoms with Gasteiger partial charge in [-0.05, 0) is 80.3 Å². The minimum atomic E-state index is -3.69. The number of rotatable bonds is 5. The molecule has 0 N–H and O–H groups in total. The Labute approximate surface area is 195 Å². The Balaban J connectivity index is 1.62. The SMILES string of the molecule is COc1ccc(C)c2c1N(C(=O)c1ccc(N(C)S(=O)(=O)c3ccc(C)cc3)cc1)CCC2. The third-order valence-corrected chi connectivity index (χ3v) is 7.98. The van der Waals surface area contributed by atoms with E-state index in [0.717, 1.165) is 35.2 Å².